The van der Waals surface area contributed by atoms with Crippen molar-refractivity contribution in [1.29, 1.82) is 0 Å². The van der Waals surface area contributed by atoms with Crippen LogP contribution in [0.5, 0.6) is 5.75 Å². The molecule has 2 aromatic rings. The van der Waals surface area contributed by atoms with Gasteiger partial charge in [-0.15, -0.1) is 0 Å². The normalized spacial score (nSPS) is 10.7. The van der Waals surface area contributed by atoms with E-state index in [1.54, 1.807) is 0 Å². The maximum absolute atomic E-state index is 13.8. The maximum Gasteiger partial charge on any atom is 0.346 e. The third-order valence-corrected chi connectivity index (χ3v) is 2.92. The smallest absolute Gasteiger partial charge is 0.346 e. The van der Waals surface area contributed by atoms with Gasteiger partial charge in [0.15, 0.2) is 5.69 Å². The highest BCUT2D eigenvalue weighted by Gasteiger charge is 2.17. The molecule has 1 aromatic carbocycles. The van der Waals surface area contributed by atoms with Crippen molar-refractivity contribution in [2.45, 2.75) is 0 Å². The van der Waals surface area contributed by atoms with E-state index in [9.17, 15) is 19.1 Å². The fourth-order valence-corrected chi connectivity index (χ4v) is 1.74. The van der Waals surface area contributed by atoms with E-state index >= 15 is 0 Å². The van der Waals surface area contributed by atoms with Crippen molar-refractivity contribution in [3.63, 3.8) is 0 Å². The molecule has 0 saturated heterocycles. The van der Waals surface area contributed by atoms with Gasteiger partial charge in [-0.3, -0.25) is 9.36 Å². The van der Waals surface area contributed by atoms with E-state index in [1.807, 2.05) is 0 Å². The molecule has 19 heavy (non-hydrogen) atoms. The number of hydrogen-bond donors (Lipinski definition) is 1. The summed E-state index contributed by atoms with van der Waals surface area (Å²) in [5.41, 5.74) is -1.90. The summed E-state index contributed by atoms with van der Waals surface area (Å²) in [5, 5.41) is 13.0. The lowest BCUT2D eigenvalue weighted by molar-refractivity contribution is 0.473. The third-order valence-electron chi connectivity index (χ3n) is 2.61. The number of aromatic nitrogens is 3. The van der Waals surface area contributed by atoms with Crippen LogP contribution in [0.25, 0.3) is 11.3 Å². The number of rotatable bonds is 1. The van der Waals surface area contributed by atoms with Crippen LogP contribution in [0, 0.1) is 5.82 Å². The van der Waals surface area contributed by atoms with Crippen LogP contribution in [0.4, 0.5) is 4.39 Å². The number of halogens is 2. The standard InChI is InChI=1S/C11H9ClFN3O3/c1-15-10(18)9(14-16(2)11(15)19)5-3-8(17)6(12)4-7(5)13/h3-4,17H,1-2H3. The highest BCUT2D eigenvalue weighted by molar-refractivity contribution is 6.32. The summed E-state index contributed by atoms with van der Waals surface area (Å²) in [4.78, 5) is 23.4. The largest absolute Gasteiger partial charge is 0.506 e. The molecule has 0 radical (unpaired) electrons. The van der Waals surface area contributed by atoms with Crippen LogP contribution in [0.2, 0.25) is 5.02 Å². The Hall–Kier alpha value is -2.15. The number of aryl methyl sites for hydroxylation is 1. The lowest BCUT2D eigenvalue weighted by atomic mass is 10.1. The van der Waals surface area contributed by atoms with E-state index in [-0.39, 0.29) is 22.0 Å². The molecule has 1 aromatic heterocycles. The average Bonchev–Trinajstić information content (AvgIpc) is 2.36. The molecule has 1 N–H and O–H groups in total. The van der Waals surface area contributed by atoms with E-state index in [0.717, 1.165) is 21.4 Å². The molecule has 0 aliphatic rings. The molecule has 0 amide bonds. The maximum atomic E-state index is 13.8. The van der Waals surface area contributed by atoms with Gasteiger partial charge in [-0.2, -0.15) is 5.10 Å². The summed E-state index contributed by atoms with van der Waals surface area (Å²) in [6.45, 7) is 0. The Morgan fingerprint density at radius 3 is 2.58 bits per heavy atom. The van der Waals surface area contributed by atoms with Gasteiger partial charge in [-0.1, -0.05) is 11.6 Å². The zero-order valence-electron chi connectivity index (χ0n) is 10.0. The van der Waals surface area contributed by atoms with E-state index in [0.29, 0.717) is 0 Å². The zero-order valence-corrected chi connectivity index (χ0v) is 10.8. The van der Waals surface area contributed by atoms with Gasteiger partial charge in [0.05, 0.1) is 5.02 Å². The minimum atomic E-state index is -0.814. The molecule has 1 heterocycles. The second kappa shape index (κ2) is 4.51. The Labute approximate surface area is 111 Å². The Bertz CT molecular complexity index is 782. The quantitative estimate of drug-likeness (QED) is 0.834. The second-order valence-corrected chi connectivity index (χ2v) is 4.31. The molecule has 8 heteroatoms. The van der Waals surface area contributed by atoms with Crippen molar-refractivity contribution in [3.8, 4) is 17.0 Å². The molecular formula is C11H9ClFN3O3. The van der Waals surface area contributed by atoms with Crippen molar-refractivity contribution >= 4 is 11.6 Å². The number of nitrogens with zero attached hydrogens (tertiary/aromatic N) is 3. The van der Waals surface area contributed by atoms with Crippen LogP contribution >= 0.6 is 11.6 Å². The number of aromatic hydroxyl groups is 1. The van der Waals surface area contributed by atoms with Gasteiger partial charge >= 0.3 is 5.69 Å². The monoisotopic (exact) mass is 285 g/mol. The van der Waals surface area contributed by atoms with Crippen molar-refractivity contribution in [2.75, 3.05) is 0 Å². The molecule has 0 aliphatic carbocycles. The van der Waals surface area contributed by atoms with Crippen LogP contribution < -0.4 is 11.2 Å². The fourth-order valence-electron chi connectivity index (χ4n) is 1.59. The molecule has 0 bridgehead atoms. The Balaban J connectivity index is 2.84. The predicted octanol–water partition coefficient (Wildman–Crippen LogP) is 0.644. The first-order valence-electron chi connectivity index (χ1n) is 5.15. The minimum absolute atomic E-state index is 0.178. The Kier molecular flexibility index (Phi) is 3.15. The molecule has 0 spiro atoms. The van der Waals surface area contributed by atoms with Crippen molar-refractivity contribution in [2.24, 2.45) is 14.1 Å². The second-order valence-electron chi connectivity index (χ2n) is 3.90. The van der Waals surface area contributed by atoms with E-state index < -0.39 is 17.1 Å². The molecule has 100 valence electrons. The topological polar surface area (TPSA) is 77.1 Å². The first-order valence-corrected chi connectivity index (χ1v) is 5.53. The van der Waals surface area contributed by atoms with Crippen LogP contribution in [-0.2, 0) is 14.1 Å². The fraction of sp³-hybridized carbons (Fsp3) is 0.182. The summed E-state index contributed by atoms with van der Waals surface area (Å²) in [5.74, 6) is -1.19. The molecule has 0 saturated carbocycles. The third kappa shape index (κ3) is 2.12. The first kappa shape index (κ1) is 13.3. The van der Waals surface area contributed by atoms with Crippen LogP contribution in [0.15, 0.2) is 21.7 Å². The number of hydrogen-bond acceptors (Lipinski definition) is 4. The van der Waals surface area contributed by atoms with E-state index in [2.05, 4.69) is 5.10 Å². The van der Waals surface area contributed by atoms with Gasteiger partial charge < -0.3 is 5.11 Å². The van der Waals surface area contributed by atoms with Crippen LogP contribution in [-0.4, -0.2) is 19.5 Å². The average molecular weight is 286 g/mol. The Morgan fingerprint density at radius 2 is 1.95 bits per heavy atom. The lowest BCUT2D eigenvalue weighted by Crippen LogP contribution is -2.39. The summed E-state index contributed by atoms with van der Waals surface area (Å²) >= 11 is 5.55. The summed E-state index contributed by atoms with van der Waals surface area (Å²) in [6.07, 6.45) is 0. The lowest BCUT2D eigenvalue weighted by Gasteiger charge is -2.07. The molecule has 2 rings (SSSR count). The molecule has 0 unspecified atom stereocenters. The summed E-state index contributed by atoms with van der Waals surface area (Å²) in [6, 6.07) is 1.87. The number of phenolic OH excluding ortho intramolecular Hbond substituents is 1. The summed E-state index contributed by atoms with van der Waals surface area (Å²) in [7, 11) is 2.59. The van der Waals surface area contributed by atoms with Gasteiger partial charge in [-0.25, -0.2) is 13.9 Å². The highest BCUT2D eigenvalue weighted by Crippen LogP contribution is 2.30. The predicted molar refractivity (Wildman–Crippen MR) is 66.8 cm³/mol. The molecule has 0 fully saturated rings. The SMILES string of the molecule is Cn1nc(-c2cc(O)c(Cl)cc2F)c(=O)n(C)c1=O. The minimum Gasteiger partial charge on any atom is -0.506 e. The summed E-state index contributed by atoms with van der Waals surface area (Å²) < 4.78 is 15.5. The molecule has 0 aliphatic heterocycles. The van der Waals surface area contributed by atoms with Gasteiger partial charge in [0.1, 0.15) is 11.6 Å². The highest BCUT2D eigenvalue weighted by atomic mass is 35.5. The number of phenols is 1. The van der Waals surface area contributed by atoms with Crippen molar-refractivity contribution < 1.29 is 9.50 Å². The number of benzene rings is 1. The van der Waals surface area contributed by atoms with Gasteiger partial charge in [0.2, 0.25) is 0 Å². The Morgan fingerprint density at radius 1 is 1.32 bits per heavy atom. The molecule has 0 atom stereocenters. The van der Waals surface area contributed by atoms with Crippen LogP contribution in [0.1, 0.15) is 0 Å². The molecular weight excluding hydrogens is 277 g/mol. The van der Waals surface area contributed by atoms with Gasteiger partial charge in [-0.05, 0) is 12.1 Å². The van der Waals surface area contributed by atoms with E-state index in [4.69, 9.17) is 11.6 Å². The van der Waals surface area contributed by atoms with Crippen LogP contribution in [0.3, 0.4) is 0 Å². The first-order chi connectivity index (χ1) is 8.82. The van der Waals surface area contributed by atoms with Gasteiger partial charge in [0, 0.05) is 19.7 Å². The van der Waals surface area contributed by atoms with E-state index in [1.165, 1.54) is 14.1 Å². The van der Waals surface area contributed by atoms with Crippen molar-refractivity contribution in [1.82, 2.24) is 14.3 Å². The van der Waals surface area contributed by atoms with Crippen molar-refractivity contribution in [3.05, 3.63) is 43.8 Å². The van der Waals surface area contributed by atoms with Gasteiger partial charge in [0.25, 0.3) is 5.56 Å². The zero-order chi connectivity index (χ0) is 14.3. The molecule has 6 nitrogen and oxygen atoms in total.